The zero-order valence-corrected chi connectivity index (χ0v) is 11.4. The van der Waals surface area contributed by atoms with Gasteiger partial charge >= 0.3 is 18.2 Å². The third kappa shape index (κ3) is 3.42. The topological polar surface area (TPSA) is 44.1 Å². The normalized spacial score (nSPS) is 11.7. The number of hydrogen-bond donors (Lipinski definition) is 0. The summed E-state index contributed by atoms with van der Waals surface area (Å²) in [7, 11) is 0. The number of ether oxygens (including phenoxy) is 1. The number of hydrogen-bond acceptors (Lipinski definition) is 3. The summed E-state index contributed by atoms with van der Waals surface area (Å²) in [6.45, 7) is 3.34. The lowest BCUT2D eigenvalue weighted by Crippen LogP contribution is -2.13. The van der Waals surface area contributed by atoms with Gasteiger partial charge in [-0.25, -0.2) is 4.79 Å². The summed E-state index contributed by atoms with van der Waals surface area (Å²) >= 11 is 0. The number of nitrogens with zero attached hydrogens (tertiary/aromatic N) is 2. The fourth-order valence-corrected chi connectivity index (χ4v) is 1.67. The van der Waals surface area contributed by atoms with E-state index >= 15 is 0 Å². The first kappa shape index (κ1) is 15.1. The van der Waals surface area contributed by atoms with E-state index in [0.29, 0.717) is 0 Å². The molecule has 0 radical (unpaired) electrons. The molecule has 0 unspecified atom stereocenters. The van der Waals surface area contributed by atoms with Gasteiger partial charge in [-0.05, 0) is 26.0 Å². The van der Waals surface area contributed by atoms with E-state index in [1.165, 1.54) is 16.7 Å². The molecule has 0 N–H and O–H groups in total. The number of rotatable bonds is 3. The number of alkyl halides is 3. The van der Waals surface area contributed by atoms with Crippen LogP contribution in [0.25, 0.3) is 0 Å². The molecule has 0 aliphatic heterocycles. The van der Waals surface area contributed by atoms with Crippen molar-refractivity contribution in [1.29, 1.82) is 0 Å². The van der Waals surface area contributed by atoms with Crippen molar-refractivity contribution >= 4 is 5.97 Å². The SMILES string of the molecule is CC(C)n1cc(C(F)(F)F)nc1OC(=O)c1ccccc1. The molecule has 0 aliphatic rings. The van der Waals surface area contributed by atoms with E-state index in [9.17, 15) is 18.0 Å². The zero-order chi connectivity index (χ0) is 15.6. The summed E-state index contributed by atoms with van der Waals surface area (Å²) in [5.41, 5.74) is -0.851. The largest absolute Gasteiger partial charge is 0.435 e. The number of carbonyl (C=O) groups is 1. The molecular weight excluding hydrogens is 285 g/mol. The van der Waals surface area contributed by atoms with Gasteiger partial charge in [-0.2, -0.15) is 18.2 Å². The van der Waals surface area contributed by atoms with Crippen molar-refractivity contribution < 1.29 is 22.7 Å². The third-order valence-corrected chi connectivity index (χ3v) is 2.74. The Bertz CT molecular complexity index is 633. The van der Waals surface area contributed by atoms with Crippen LogP contribution in [0.4, 0.5) is 13.2 Å². The Balaban J connectivity index is 2.31. The number of imidazole rings is 1. The van der Waals surface area contributed by atoms with Crippen LogP contribution in [0.3, 0.4) is 0 Å². The molecular formula is C14H13F3N2O2. The van der Waals surface area contributed by atoms with E-state index in [1.54, 1.807) is 32.0 Å². The van der Waals surface area contributed by atoms with Crippen LogP contribution < -0.4 is 4.74 Å². The predicted molar refractivity (Wildman–Crippen MR) is 69.0 cm³/mol. The Morgan fingerprint density at radius 3 is 2.38 bits per heavy atom. The molecule has 0 bridgehead atoms. The maximum absolute atomic E-state index is 12.7. The minimum absolute atomic E-state index is 0.240. The number of benzene rings is 1. The van der Waals surface area contributed by atoms with Gasteiger partial charge in [-0.1, -0.05) is 18.2 Å². The molecule has 21 heavy (non-hydrogen) atoms. The minimum atomic E-state index is -4.59. The van der Waals surface area contributed by atoms with Crippen LogP contribution in [0, 0.1) is 0 Å². The minimum Gasteiger partial charge on any atom is -0.388 e. The van der Waals surface area contributed by atoms with E-state index in [2.05, 4.69) is 4.98 Å². The second-order valence-corrected chi connectivity index (χ2v) is 4.66. The molecule has 2 aromatic rings. The molecule has 1 aromatic heterocycles. The highest BCUT2D eigenvalue weighted by Crippen LogP contribution is 2.31. The zero-order valence-electron chi connectivity index (χ0n) is 11.4. The smallest absolute Gasteiger partial charge is 0.388 e. The molecule has 1 heterocycles. The van der Waals surface area contributed by atoms with Gasteiger partial charge in [0.25, 0.3) is 0 Å². The molecule has 0 atom stereocenters. The molecule has 0 saturated carbocycles. The molecule has 0 aliphatic carbocycles. The van der Waals surface area contributed by atoms with Crippen molar-refractivity contribution in [3.63, 3.8) is 0 Å². The van der Waals surface area contributed by atoms with Crippen molar-refractivity contribution in [2.45, 2.75) is 26.1 Å². The lowest BCUT2D eigenvalue weighted by Gasteiger charge is -2.10. The van der Waals surface area contributed by atoms with Crippen LogP contribution in [0.15, 0.2) is 36.5 Å². The second kappa shape index (κ2) is 5.59. The van der Waals surface area contributed by atoms with Gasteiger partial charge in [0, 0.05) is 12.2 Å². The van der Waals surface area contributed by atoms with E-state index in [0.717, 1.165) is 6.20 Å². The van der Waals surface area contributed by atoms with Gasteiger partial charge in [0.15, 0.2) is 5.69 Å². The number of halogens is 3. The highest BCUT2D eigenvalue weighted by molar-refractivity contribution is 5.90. The molecule has 4 nitrogen and oxygen atoms in total. The van der Waals surface area contributed by atoms with Crippen LogP contribution in [-0.2, 0) is 6.18 Å². The second-order valence-electron chi connectivity index (χ2n) is 4.66. The summed E-state index contributed by atoms with van der Waals surface area (Å²) in [6.07, 6.45) is -3.76. The standard InChI is InChI=1S/C14H13F3N2O2/c1-9(2)19-8-11(14(15,16)17)18-13(19)21-12(20)10-6-4-3-5-7-10/h3-9H,1-2H3. The van der Waals surface area contributed by atoms with Gasteiger partial charge in [-0.15, -0.1) is 0 Å². The van der Waals surface area contributed by atoms with E-state index in [1.807, 2.05) is 0 Å². The maximum atomic E-state index is 12.7. The first-order chi connectivity index (χ1) is 9.79. The van der Waals surface area contributed by atoms with Gasteiger partial charge in [0.1, 0.15) is 0 Å². The first-order valence-corrected chi connectivity index (χ1v) is 6.22. The molecule has 2 rings (SSSR count). The van der Waals surface area contributed by atoms with Crippen molar-refractivity contribution in [2.75, 3.05) is 0 Å². The number of aromatic nitrogens is 2. The van der Waals surface area contributed by atoms with Gasteiger partial charge < -0.3 is 4.74 Å². The predicted octanol–water partition coefficient (Wildman–Crippen LogP) is 3.70. The van der Waals surface area contributed by atoms with Crippen molar-refractivity contribution in [3.8, 4) is 6.01 Å². The summed E-state index contributed by atoms with van der Waals surface area (Å²) in [5.74, 6) is -0.753. The van der Waals surface area contributed by atoms with Gasteiger partial charge in [0.2, 0.25) is 0 Å². The van der Waals surface area contributed by atoms with E-state index in [4.69, 9.17) is 4.74 Å². The van der Waals surface area contributed by atoms with Gasteiger partial charge in [-0.3, -0.25) is 4.57 Å². The average molecular weight is 298 g/mol. The summed E-state index contributed by atoms with van der Waals surface area (Å²) < 4.78 is 44.2. The van der Waals surface area contributed by atoms with Crippen LogP contribution in [0.1, 0.15) is 35.9 Å². The summed E-state index contributed by atoms with van der Waals surface area (Å²) in [4.78, 5) is 15.3. The Morgan fingerprint density at radius 1 is 1.24 bits per heavy atom. The van der Waals surface area contributed by atoms with Gasteiger partial charge in [0.05, 0.1) is 5.56 Å². The Hall–Kier alpha value is -2.31. The lowest BCUT2D eigenvalue weighted by molar-refractivity contribution is -0.141. The fourth-order valence-electron chi connectivity index (χ4n) is 1.67. The Kier molecular flexibility index (Phi) is 4.02. The van der Waals surface area contributed by atoms with E-state index < -0.39 is 17.8 Å². The monoisotopic (exact) mass is 298 g/mol. The number of esters is 1. The van der Waals surface area contributed by atoms with Crippen LogP contribution >= 0.6 is 0 Å². The van der Waals surface area contributed by atoms with E-state index in [-0.39, 0.29) is 17.6 Å². The highest BCUT2D eigenvalue weighted by Gasteiger charge is 2.36. The Labute approximate surface area is 119 Å². The van der Waals surface area contributed by atoms with Crippen LogP contribution in [-0.4, -0.2) is 15.5 Å². The average Bonchev–Trinajstić information content (AvgIpc) is 2.84. The quantitative estimate of drug-likeness (QED) is 0.811. The maximum Gasteiger partial charge on any atom is 0.435 e. The molecule has 7 heteroatoms. The molecule has 0 fully saturated rings. The summed E-state index contributed by atoms with van der Waals surface area (Å²) in [5, 5.41) is 0. The van der Waals surface area contributed by atoms with Crippen molar-refractivity contribution in [2.24, 2.45) is 0 Å². The third-order valence-electron chi connectivity index (χ3n) is 2.74. The lowest BCUT2D eigenvalue weighted by atomic mass is 10.2. The molecule has 0 spiro atoms. The van der Waals surface area contributed by atoms with Crippen LogP contribution in [0.2, 0.25) is 0 Å². The molecule has 112 valence electrons. The van der Waals surface area contributed by atoms with Crippen LogP contribution in [0.5, 0.6) is 6.01 Å². The molecule has 1 aromatic carbocycles. The van der Waals surface area contributed by atoms with Crippen molar-refractivity contribution in [1.82, 2.24) is 9.55 Å². The highest BCUT2D eigenvalue weighted by atomic mass is 19.4. The van der Waals surface area contributed by atoms with Crippen molar-refractivity contribution in [3.05, 3.63) is 47.8 Å². The molecule has 0 saturated heterocycles. The first-order valence-electron chi connectivity index (χ1n) is 6.22. The fraction of sp³-hybridized carbons (Fsp3) is 0.286. The molecule has 0 amide bonds. The number of carbonyl (C=O) groups excluding carboxylic acids is 1. The Morgan fingerprint density at radius 2 is 1.86 bits per heavy atom. The summed E-state index contributed by atoms with van der Waals surface area (Å²) in [6, 6.07) is 7.30.